The van der Waals surface area contributed by atoms with Crippen molar-refractivity contribution in [2.45, 2.75) is 6.54 Å². The average Bonchev–Trinajstić information content (AvgIpc) is 2.93. The van der Waals surface area contributed by atoms with Crippen LogP contribution in [0.5, 0.6) is 11.5 Å². The van der Waals surface area contributed by atoms with Gasteiger partial charge in [0.1, 0.15) is 6.61 Å². The minimum absolute atomic E-state index is 0.0893. The molecule has 0 unspecified atom stereocenters. The second-order valence-corrected chi connectivity index (χ2v) is 3.82. The number of methoxy groups -OCH3 is 1. The third kappa shape index (κ3) is 3.25. The highest BCUT2D eigenvalue weighted by atomic mass is 16.5. The summed E-state index contributed by atoms with van der Waals surface area (Å²) in [6.07, 6.45) is 5.19. The summed E-state index contributed by atoms with van der Waals surface area (Å²) in [6, 6.07) is 4.39. The van der Waals surface area contributed by atoms with E-state index in [0.29, 0.717) is 18.9 Å². The number of aromatic nitrogens is 2. The third-order valence-corrected chi connectivity index (χ3v) is 2.55. The van der Waals surface area contributed by atoms with Gasteiger partial charge in [-0.2, -0.15) is 0 Å². The van der Waals surface area contributed by atoms with E-state index < -0.39 is 5.97 Å². The van der Waals surface area contributed by atoms with E-state index >= 15 is 0 Å². The Bertz CT molecular complexity index is 552. The number of nitrogens with zero attached hydrogens (tertiary/aromatic N) is 2. The normalized spacial score (nSPS) is 10.2. The van der Waals surface area contributed by atoms with Crippen LogP contribution in [0.2, 0.25) is 0 Å². The van der Waals surface area contributed by atoms with Crippen molar-refractivity contribution >= 4 is 5.97 Å². The Balaban J connectivity index is 1.95. The molecule has 100 valence electrons. The van der Waals surface area contributed by atoms with Gasteiger partial charge in [0, 0.05) is 12.4 Å². The number of carbonyl (C=O) groups is 1. The first-order valence-corrected chi connectivity index (χ1v) is 5.70. The Morgan fingerprint density at radius 3 is 2.95 bits per heavy atom. The quantitative estimate of drug-likeness (QED) is 0.826. The number of rotatable bonds is 5. The van der Waals surface area contributed by atoms with Crippen LogP contribution in [0, 0.1) is 0 Å². The molecule has 0 aliphatic rings. The molecule has 0 saturated heterocycles. The Labute approximate surface area is 110 Å². The van der Waals surface area contributed by atoms with Crippen LogP contribution in [0.25, 0.3) is 0 Å². The summed E-state index contributed by atoms with van der Waals surface area (Å²) < 4.78 is 11.8. The van der Waals surface area contributed by atoms with Crippen LogP contribution in [0.3, 0.4) is 0 Å². The van der Waals surface area contributed by atoms with Crippen molar-refractivity contribution in [1.82, 2.24) is 9.55 Å². The van der Waals surface area contributed by atoms with Crippen LogP contribution in [0.4, 0.5) is 0 Å². The molecule has 1 N–H and O–H groups in total. The summed E-state index contributed by atoms with van der Waals surface area (Å²) in [7, 11) is 1.29. The largest absolute Gasteiger partial charge is 0.504 e. The zero-order valence-electron chi connectivity index (χ0n) is 10.4. The first-order valence-electron chi connectivity index (χ1n) is 5.70. The van der Waals surface area contributed by atoms with Crippen LogP contribution < -0.4 is 4.74 Å². The van der Waals surface area contributed by atoms with Gasteiger partial charge in [0.25, 0.3) is 0 Å². The Morgan fingerprint density at radius 2 is 2.32 bits per heavy atom. The Morgan fingerprint density at radius 1 is 1.47 bits per heavy atom. The lowest BCUT2D eigenvalue weighted by atomic mass is 10.2. The predicted octanol–water partition coefficient (Wildman–Crippen LogP) is 1.45. The Hall–Kier alpha value is -2.50. The fourth-order valence-corrected chi connectivity index (χ4v) is 1.56. The highest BCUT2D eigenvalue weighted by Gasteiger charge is 2.09. The van der Waals surface area contributed by atoms with E-state index in [4.69, 9.17) is 4.74 Å². The topological polar surface area (TPSA) is 73.6 Å². The fraction of sp³-hybridized carbons (Fsp3) is 0.231. The van der Waals surface area contributed by atoms with E-state index in [1.54, 1.807) is 12.5 Å². The van der Waals surface area contributed by atoms with Crippen molar-refractivity contribution in [2.24, 2.45) is 0 Å². The number of benzene rings is 1. The zero-order valence-corrected chi connectivity index (χ0v) is 10.4. The lowest BCUT2D eigenvalue weighted by molar-refractivity contribution is 0.0600. The first-order chi connectivity index (χ1) is 9.20. The molecule has 1 aromatic carbocycles. The number of phenols is 1. The van der Waals surface area contributed by atoms with Gasteiger partial charge in [-0.15, -0.1) is 0 Å². The molecule has 0 atom stereocenters. The van der Waals surface area contributed by atoms with Gasteiger partial charge in [0.15, 0.2) is 11.5 Å². The fourth-order valence-electron chi connectivity index (χ4n) is 1.56. The van der Waals surface area contributed by atoms with Gasteiger partial charge < -0.3 is 19.1 Å². The Kier molecular flexibility index (Phi) is 4.02. The van der Waals surface area contributed by atoms with E-state index in [-0.39, 0.29) is 11.3 Å². The zero-order chi connectivity index (χ0) is 13.7. The number of esters is 1. The van der Waals surface area contributed by atoms with E-state index in [1.807, 2.05) is 10.8 Å². The maximum Gasteiger partial charge on any atom is 0.337 e. The molecule has 0 spiro atoms. The summed E-state index contributed by atoms with van der Waals surface area (Å²) in [6.45, 7) is 1.01. The molecular formula is C13H14N2O4. The number of carbonyl (C=O) groups excluding carboxylic acids is 1. The van der Waals surface area contributed by atoms with Gasteiger partial charge in [-0.3, -0.25) is 0 Å². The monoisotopic (exact) mass is 262 g/mol. The van der Waals surface area contributed by atoms with E-state index in [2.05, 4.69) is 9.72 Å². The van der Waals surface area contributed by atoms with Crippen LogP contribution in [-0.4, -0.2) is 34.3 Å². The third-order valence-electron chi connectivity index (χ3n) is 2.55. The molecule has 1 aromatic heterocycles. The number of hydrogen-bond acceptors (Lipinski definition) is 5. The number of hydrogen-bond donors (Lipinski definition) is 1. The molecular weight excluding hydrogens is 248 g/mol. The second kappa shape index (κ2) is 5.90. The van der Waals surface area contributed by atoms with Crippen molar-refractivity contribution in [3.05, 3.63) is 42.5 Å². The SMILES string of the molecule is COC(=O)c1ccc(OCCn2ccnc2)c(O)c1. The van der Waals surface area contributed by atoms with Gasteiger partial charge >= 0.3 is 5.97 Å². The van der Waals surface area contributed by atoms with Crippen molar-refractivity contribution in [2.75, 3.05) is 13.7 Å². The molecule has 6 nitrogen and oxygen atoms in total. The molecule has 2 aromatic rings. The van der Waals surface area contributed by atoms with Gasteiger partial charge in [0.2, 0.25) is 0 Å². The van der Waals surface area contributed by atoms with E-state index in [9.17, 15) is 9.90 Å². The molecule has 0 aliphatic carbocycles. The summed E-state index contributed by atoms with van der Waals surface area (Å²) in [5.74, 6) is -0.262. The average molecular weight is 262 g/mol. The molecule has 19 heavy (non-hydrogen) atoms. The lowest BCUT2D eigenvalue weighted by Gasteiger charge is -2.09. The predicted molar refractivity (Wildman–Crippen MR) is 67.2 cm³/mol. The molecule has 1 heterocycles. The van der Waals surface area contributed by atoms with Crippen molar-refractivity contribution < 1.29 is 19.4 Å². The number of phenolic OH excluding ortho intramolecular Hbond substituents is 1. The van der Waals surface area contributed by atoms with E-state index in [1.165, 1.54) is 25.3 Å². The van der Waals surface area contributed by atoms with Gasteiger partial charge in [-0.05, 0) is 18.2 Å². The molecule has 0 amide bonds. The van der Waals surface area contributed by atoms with Crippen LogP contribution >= 0.6 is 0 Å². The van der Waals surface area contributed by atoms with Gasteiger partial charge in [-0.1, -0.05) is 0 Å². The van der Waals surface area contributed by atoms with Gasteiger partial charge in [0.05, 0.1) is 25.5 Å². The van der Waals surface area contributed by atoms with Gasteiger partial charge in [-0.25, -0.2) is 9.78 Å². The molecule has 2 rings (SSSR count). The molecule has 0 aliphatic heterocycles. The van der Waals surface area contributed by atoms with Crippen molar-refractivity contribution in [3.8, 4) is 11.5 Å². The second-order valence-electron chi connectivity index (χ2n) is 3.82. The highest BCUT2D eigenvalue weighted by molar-refractivity contribution is 5.90. The summed E-state index contributed by atoms with van der Waals surface area (Å²) >= 11 is 0. The maximum absolute atomic E-state index is 11.3. The number of aromatic hydroxyl groups is 1. The first kappa shape index (κ1) is 12.9. The smallest absolute Gasteiger partial charge is 0.337 e. The molecule has 0 radical (unpaired) electrons. The highest BCUT2D eigenvalue weighted by Crippen LogP contribution is 2.27. The van der Waals surface area contributed by atoms with Crippen molar-refractivity contribution in [3.63, 3.8) is 0 Å². The lowest BCUT2D eigenvalue weighted by Crippen LogP contribution is -2.07. The molecule has 0 fully saturated rings. The maximum atomic E-state index is 11.3. The molecule has 0 bridgehead atoms. The molecule has 6 heteroatoms. The summed E-state index contributed by atoms with van der Waals surface area (Å²) in [5.41, 5.74) is 0.280. The summed E-state index contributed by atoms with van der Waals surface area (Å²) in [4.78, 5) is 15.2. The minimum atomic E-state index is -0.500. The summed E-state index contributed by atoms with van der Waals surface area (Å²) in [5, 5.41) is 9.74. The van der Waals surface area contributed by atoms with E-state index in [0.717, 1.165) is 0 Å². The van der Waals surface area contributed by atoms with Crippen LogP contribution in [0.1, 0.15) is 10.4 Å². The minimum Gasteiger partial charge on any atom is -0.504 e. The standard InChI is InChI=1S/C13H14N2O4/c1-18-13(17)10-2-3-12(11(16)8-10)19-7-6-15-5-4-14-9-15/h2-5,8-9,16H,6-7H2,1H3. The number of imidazole rings is 1. The molecule has 0 saturated carbocycles. The number of ether oxygens (including phenoxy) is 2. The van der Waals surface area contributed by atoms with Crippen LogP contribution in [0.15, 0.2) is 36.9 Å². The van der Waals surface area contributed by atoms with Crippen LogP contribution in [-0.2, 0) is 11.3 Å². The van der Waals surface area contributed by atoms with Crippen molar-refractivity contribution in [1.29, 1.82) is 0 Å².